The van der Waals surface area contributed by atoms with E-state index in [0.29, 0.717) is 6.61 Å². The van der Waals surface area contributed by atoms with Crippen molar-refractivity contribution in [3.8, 4) is 0 Å². The van der Waals surface area contributed by atoms with Crippen molar-refractivity contribution in [3.05, 3.63) is 71.8 Å². The molecule has 88 valence electrons. The molecule has 1 aliphatic carbocycles. The summed E-state index contributed by atoms with van der Waals surface area (Å²) in [4.78, 5) is 0. The standard InChI is InChI=1S/C15H15ClO/c1-2-15(10-4-3-5-11-15)17-12-13-6-8-14(16)9-7-13/h2-10H,1,11-12H2. The Labute approximate surface area is 107 Å². The van der Waals surface area contributed by atoms with E-state index in [9.17, 15) is 0 Å². The van der Waals surface area contributed by atoms with Gasteiger partial charge in [0.25, 0.3) is 0 Å². The van der Waals surface area contributed by atoms with E-state index in [1.54, 1.807) is 0 Å². The molecule has 0 fully saturated rings. The molecule has 0 spiro atoms. The minimum atomic E-state index is -0.367. The van der Waals surface area contributed by atoms with Gasteiger partial charge >= 0.3 is 0 Å². The van der Waals surface area contributed by atoms with Crippen molar-refractivity contribution in [2.75, 3.05) is 0 Å². The third kappa shape index (κ3) is 3.09. The number of rotatable bonds is 4. The average Bonchev–Trinajstić information content (AvgIpc) is 2.39. The van der Waals surface area contributed by atoms with E-state index in [1.165, 1.54) is 0 Å². The summed E-state index contributed by atoms with van der Waals surface area (Å²) in [6.45, 7) is 4.41. The molecule has 0 amide bonds. The van der Waals surface area contributed by atoms with Gasteiger partial charge in [-0.05, 0) is 23.8 Å². The highest BCUT2D eigenvalue weighted by Gasteiger charge is 2.23. The number of hydrogen-bond donors (Lipinski definition) is 0. The fourth-order valence-electron chi connectivity index (χ4n) is 1.73. The largest absolute Gasteiger partial charge is 0.362 e. The predicted molar refractivity (Wildman–Crippen MR) is 72.1 cm³/mol. The second-order valence-corrected chi connectivity index (χ2v) is 4.50. The molecule has 0 radical (unpaired) electrons. The SMILES string of the molecule is C=CC1(OCc2ccc(Cl)cc2)C=CC=CC1. The first kappa shape index (κ1) is 12.2. The first-order valence-corrected chi connectivity index (χ1v) is 5.98. The van der Waals surface area contributed by atoms with Crippen LogP contribution in [0.5, 0.6) is 0 Å². The van der Waals surface area contributed by atoms with E-state index in [0.717, 1.165) is 17.0 Å². The van der Waals surface area contributed by atoms with Crippen LogP contribution in [0.1, 0.15) is 12.0 Å². The quantitative estimate of drug-likeness (QED) is 0.720. The summed E-state index contributed by atoms with van der Waals surface area (Å²) in [5.74, 6) is 0. The summed E-state index contributed by atoms with van der Waals surface area (Å²) >= 11 is 5.84. The van der Waals surface area contributed by atoms with E-state index in [1.807, 2.05) is 48.6 Å². The van der Waals surface area contributed by atoms with Gasteiger partial charge in [-0.3, -0.25) is 0 Å². The summed E-state index contributed by atoms with van der Waals surface area (Å²) in [6.07, 6.45) is 10.8. The molecule has 1 aromatic carbocycles. The minimum absolute atomic E-state index is 0.367. The van der Waals surface area contributed by atoms with Crippen LogP contribution in [0.15, 0.2) is 61.2 Å². The average molecular weight is 247 g/mol. The monoisotopic (exact) mass is 246 g/mol. The first-order valence-electron chi connectivity index (χ1n) is 5.60. The fraction of sp³-hybridized carbons (Fsp3) is 0.200. The molecule has 17 heavy (non-hydrogen) atoms. The van der Waals surface area contributed by atoms with E-state index >= 15 is 0 Å². The first-order chi connectivity index (χ1) is 8.24. The molecule has 0 aliphatic heterocycles. The van der Waals surface area contributed by atoms with Crippen molar-refractivity contribution < 1.29 is 4.74 Å². The van der Waals surface area contributed by atoms with Crippen molar-refractivity contribution >= 4 is 11.6 Å². The summed E-state index contributed by atoms with van der Waals surface area (Å²) < 4.78 is 5.95. The Morgan fingerprint density at radius 2 is 2.06 bits per heavy atom. The summed E-state index contributed by atoms with van der Waals surface area (Å²) in [5.41, 5.74) is 0.743. The molecule has 0 heterocycles. The second-order valence-electron chi connectivity index (χ2n) is 4.07. The molecule has 0 bridgehead atoms. The van der Waals surface area contributed by atoms with Crippen LogP contribution in [0.2, 0.25) is 5.02 Å². The highest BCUT2D eigenvalue weighted by molar-refractivity contribution is 6.30. The molecule has 1 atom stereocenters. The molecule has 0 saturated carbocycles. The van der Waals surface area contributed by atoms with E-state index in [2.05, 4.69) is 12.7 Å². The zero-order valence-corrected chi connectivity index (χ0v) is 10.4. The molecule has 0 saturated heterocycles. The van der Waals surface area contributed by atoms with Crippen molar-refractivity contribution in [2.45, 2.75) is 18.6 Å². The van der Waals surface area contributed by atoms with Crippen LogP contribution in [-0.4, -0.2) is 5.60 Å². The molecule has 1 unspecified atom stereocenters. The summed E-state index contributed by atoms with van der Waals surface area (Å²) in [7, 11) is 0. The Morgan fingerprint density at radius 1 is 1.29 bits per heavy atom. The number of hydrogen-bond acceptors (Lipinski definition) is 1. The smallest absolute Gasteiger partial charge is 0.108 e. The van der Waals surface area contributed by atoms with Gasteiger partial charge in [-0.2, -0.15) is 0 Å². The maximum Gasteiger partial charge on any atom is 0.108 e. The maximum absolute atomic E-state index is 5.95. The topological polar surface area (TPSA) is 9.23 Å². The Kier molecular flexibility index (Phi) is 3.82. The van der Waals surface area contributed by atoms with Gasteiger partial charge in [-0.15, -0.1) is 0 Å². The van der Waals surface area contributed by atoms with Gasteiger partial charge in [0.15, 0.2) is 0 Å². The van der Waals surface area contributed by atoms with Crippen LogP contribution in [0.3, 0.4) is 0 Å². The van der Waals surface area contributed by atoms with E-state index in [4.69, 9.17) is 16.3 Å². The number of halogens is 1. The van der Waals surface area contributed by atoms with Crippen molar-refractivity contribution in [3.63, 3.8) is 0 Å². The van der Waals surface area contributed by atoms with Gasteiger partial charge in [0.2, 0.25) is 0 Å². The van der Waals surface area contributed by atoms with Crippen LogP contribution in [-0.2, 0) is 11.3 Å². The Hall–Kier alpha value is -1.31. The number of ether oxygens (including phenoxy) is 1. The summed E-state index contributed by atoms with van der Waals surface area (Å²) in [6, 6.07) is 7.69. The van der Waals surface area contributed by atoms with Crippen LogP contribution in [0, 0.1) is 0 Å². The number of allylic oxidation sites excluding steroid dienone is 2. The highest BCUT2D eigenvalue weighted by atomic mass is 35.5. The van der Waals surface area contributed by atoms with Crippen LogP contribution in [0.4, 0.5) is 0 Å². The van der Waals surface area contributed by atoms with Crippen LogP contribution >= 0.6 is 11.6 Å². The Morgan fingerprint density at radius 3 is 2.65 bits per heavy atom. The lowest BCUT2D eigenvalue weighted by Crippen LogP contribution is -2.27. The molecule has 1 aliphatic rings. The normalized spacial score (nSPS) is 22.6. The predicted octanol–water partition coefficient (Wildman–Crippen LogP) is 4.30. The highest BCUT2D eigenvalue weighted by Crippen LogP contribution is 2.25. The third-order valence-electron chi connectivity index (χ3n) is 2.83. The van der Waals surface area contributed by atoms with Crippen molar-refractivity contribution in [1.29, 1.82) is 0 Å². The van der Waals surface area contributed by atoms with Crippen molar-refractivity contribution in [2.24, 2.45) is 0 Å². The van der Waals surface area contributed by atoms with E-state index in [-0.39, 0.29) is 5.60 Å². The molecule has 2 rings (SSSR count). The van der Waals surface area contributed by atoms with Gasteiger partial charge in [0, 0.05) is 11.4 Å². The minimum Gasteiger partial charge on any atom is -0.362 e. The lowest BCUT2D eigenvalue weighted by molar-refractivity contribution is 0.0166. The lowest BCUT2D eigenvalue weighted by Gasteiger charge is -2.28. The molecular formula is C15H15ClO. The van der Waals surface area contributed by atoms with Crippen LogP contribution < -0.4 is 0 Å². The Bertz CT molecular complexity index is 444. The second kappa shape index (κ2) is 5.35. The molecule has 1 aromatic rings. The van der Waals surface area contributed by atoms with Gasteiger partial charge in [-0.1, -0.05) is 54.6 Å². The molecule has 0 N–H and O–H groups in total. The molecule has 1 nitrogen and oxygen atoms in total. The molecule has 0 aromatic heterocycles. The Balaban J connectivity index is 2.01. The van der Waals surface area contributed by atoms with Gasteiger partial charge in [-0.25, -0.2) is 0 Å². The fourth-order valence-corrected chi connectivity index (χ4v) is 1.86. The van der Waals surface area contributed by atoms with Crippen LogP contribution in [0.25, 0.3) is 0 Å². The van der Waals surface area contributed by atoms with Gasteiger partial charge < -0.3 is 4.74 Å². The third-order valence-corrected chi connectivity index (χ3v) is 3.08. The molecular weight excluding hydrogens is 232 g/mol. The van der Waals surface area contributed by atoms with Gasteiger partial charge in [0.1, 0.15) is 5.60 Å². The summed E-state index contributed by atoms with van der Waals surface area (Å²) in [5, 5.41) is 0.743. The van der Waals surface area contributed by atoms with Gasteiger partial charge in [0.05, 0.1) is 6.61 Å². The zero-order chi connectivity index (χ0) is 12.1. The zero-order valence-electron chi connectivity index (χ0n) is 9.60. The number of benzene rings is 1. The van der Waals surface area contributed by atoms with Crippen molar-refractivity contribution in [1.82, 2.24) is 0 Å². The maximum atomic E-state index is 5.95. The lowest BCUT2D eigenvalue weighted by atomic mass is 9.95. The molecule has 2 heteroatoms. The van der Waals surface area contributed by atoms with E-state index < -0.39 is 0 Å².